The van der Waals surface area contributed by atoms with Crippen molar-refractivity contribution in [1.29, 1.82) is 10.5 Å². The van der Waals surface area contributed by atoms with E-state index in [0.29, 0.717) is 22.6 Å². The first-order valence-electron chi connectivity index (χ1n) is 7.08. The molecular formula is C18H14N4O. The third kappa shape index (κ3) is 2.11. The van der Waals surface area contributed by atoms with Crippen molar-refractivity contribution in [2.75, 3.05) is 5.73 Å². The first-order chi connectivity index (χ1) is 11.0. The summed E-state index contributed by atoms with van der Waals surface area (Å²) in [6.45, 7) is 5.56. The van der Waals surface area contributed by atoms with Gasteiger partial charge < -0.3 is 10.2 Å². The van der Waals surface area contributed by atoms with Gasteiger partial charge in [0.2, 0.25) is 0 Å². The van der Waals surface area contributed by atoms with Crippen molar-refractivity contribution in [2.24, 2.45) is 0 Å². The van der Waals surface area contributed by atoms with Crippen molar-refractivity contribution < 1.29 is 4.42 Å². The number of nitrogen functional groups attached to an aromatic ring is 1. The number of aromatic nitrogens is 1. The maximum atomic E-state index is 9.48. The molecule has 3 rings (SSSR count). The Kier molecular flexibility index (Phi) is 3.28. The molecule has 23 heavy (non-hydrogen) atoms. The van der Waals surface area contributed by atoms with E-state index in [2.05, 4.69) is 17.1 Å². The van der Waals surface area contributed by atoms with E-state index < -0.39 is 0 Å². The van der Waals surface area contributed by atoms with Gasteiger partial charge in [0.25, 0.3) is 0 Å². The normalized spacial score (nSPS) is 14.7. The van der Waals surface area contributed by atoms with Gasteiger partial charge in [-0.25, -0.2) is 4.98 Å². The molecule has 0 fully saturated rings. The van der Waals surface area contributed by atoms with Gasteiger partial charge in [-0.15, -0.1) is 0 Å². The molecule has 1 aliphatic carbocycles. The average molecular weight is 302 g/mol. The summed E-state index contributed by atoms with van der Waals surface area (Å²) < 4.78 is 5.61. The fourth-order valence-electron chi connectivity index (χ4n) is 2.87. The van der Waals surface area contributed by atoms with Gasteiger partial charge in [-0.3, -0.25) is 0 Å². The third-order valence-corrected chi connectivity index (χ3v) is 4.03. The van der Waals surface area contributed by atoms with Crippen LogP contribution in [0.3, 0.4) is 0 Å². The van der Waals surface area contributed by atoms with E-state index in [1.807, 2.05) is 39.0 Å². The van der Waals surface area contributed by atoms with Crippen LogP contribution in [0.2, 0.25) is 0 Å². The smallest absolute Gasteiger partial charge is 0.142 e. The Hall–Kier alpha value is -3.31. The molecule has 0 aromatic carbocycles. The predicted octanol–water partition coefficient (Wildman–Crippen LogP) is 3.60. The Morgan fingerprint density at radius 3 is 2.48 bits per heavy atom. The molecule has 0 saturated carbocycles. The highest BCUT2D eigenvalue weighted by molar-refractivity contribution is 6.08. The Labute approximate surface area is 134 Å². The lowest BCUT2D eigenvalue weighted by Gasteiger charge is -2.10. The first kappa shape index (κ1) is 14.6. The van der Waals surface area contributed by atoms with Gasteiger partial charge in [0.15, 0.2) is 0 Å². The standard InChI is InChI=1S/C18H14N4O/c1-9-4-5-12(23-9)6-13-10(2)14(7-19)17-16(13)11(3)15(8-20)18(21)22-17/h4-6H,1-3H3,(H2,21,22)/b13-6+. The fraction of sp³-hybridized carbons (Fsp3) is 0.167. The van der Waals surface area contributed by atoms with Crippen LogP contribution in [0.4, 0.5) is 5.82 Å². The van der Waals surface area contributed by atoms with Gasteiger partial charge in [-0.05, 0) is 55.7 Å². The van der Waals surface area contributed by atoms with Gasteiger partial charge in [0.1, 0.15) is 29.5 Å². The van der Waals surface area contributed by atoms with Crippen LogP contribution in [-0.2, 0) is 0 Å². The van der Waals surface area contributed by atoms with E-state index in [0.717, 1.165) is 28.0 Å². The van der Waals surface area contributed by atoms with Crippen molar-refractivity contribution in [1.82, 2.24) is 4.98 Å². The summed E-state index contributed by atoms with van der Waals surface area (Å²) in [5.41, 5.74) is 10.4. The number of hydrogen-bond acceptors (Lipinski definition) is 5. The van der Waals surface area contributed by atoms with Crippen molar-refractivity contribution in [3.63, 3.8) is 0 Å². The number of fused-ring (bicyclic) bond motifs is 1. The zero-order valence-corrected chi connectivity index (χ0v) is 13.1. The number of allylic oxidation sites excluding steroid dienone is 3. The number of hydrogen-bond donors (Lipinski definition) is 1. The monoisotopic (exact) mass is 302 g/mol. The molecule has 2 N–H and O–H groups in total. The molecule has 0 spiro atoms. The highest BCUT2D eigenvalue weighted by Gasteiger charge is 2.29. The van der Waals surface area contributed by atoms with Crippen LogP contribution in [0.15, 0.2) is 22.1 Å². The SMILES string of the molecule is CC1=C(C#N)c2nc(N)c(C#N)c(C)c2/C1=C/c1ccc(C)o1. The molecule has 5 heteroatoms. The summed E-state index contributed by atoms with van der Waals surface area (Å²) in [6, 6.07) is 8.02. The quantitative estimate of drug-likeness (QED) is 0.867. The summed E-state index contributed by atoms with van der Waals surface area (Å²) in [6.07, 6.45) is 1.87. The number of nitriles is 2. The zero-order chi connectivity index (χ0) is 16.7. The lowest BCUT2D eigenvalue weighted by molar-refractivity contribution is 0.525. The Morgan fingerprint density at radius 2 is 1.91 bits per heavy atom. The van der Waals surface area contributed by atoms with E-state index in [1.165, 1.54) is 0 Å². The van der Waals surface area contributed by atoms with Crippen LogP contribution >= 0.6 is 0 Å². The van der Waals surface area contributed by atoms with E-state index in [1.54, 1.807) is 0 Å². The molecule has 5 nitrogen and oxygen atoms in total. The molecule has 1 aliphatic rings. The van der Waals surface area contributed by atoms with E-state index >= 15 is 0 Å². The van der Waals surface area contributed by atoms with Crippen LogP contribution in [0.5, 0.6) is 0 Å². The number of aryl methyl sites for hydroxylation is 1. The minimum Gasteiger partial charge on any atom is -0.462 e. The Bertz CT molecular complexity index is 978. The summed E-state index contributed by atoms with van der Waals surface area (Å²) in [4.78, 5) is 4.29. The minimum absolute atomic E-state index is 0.152. The molecule has 2 aromatic rings. The zero-order valence-electron chi connectivity index (χ0n) is 13.1. The second-order valence-electron chi connectivity index (χ2n) is 5.45. The summed E-state index contributed by atoms with van der Waals surface area (Å²) >= 11 is 0. The van der Waals surface area contributed by atoms with E-state index in [-0.39, 0.29) is 5.82 Å². The molecule has 2 aromatic heterocycles. The topological polar surface area (TPSA) is 99.6 Å². The molecule has 112 valence electrons. The van der Waals surface area contributed by atoms with E-state index in [4.69, 9.17) is 10.2 Å². The van der Waals surface area contributed by atoms with Crippen LogP contribution in [0.1, 0.15) is 40.8 Å². The number of anilines is 1. The molecule has 0 unspecified atom stereocenters. The lowest BCUT2D eigenvalue weighted by Crippen LogP contribution is -2.03. The minimum atomic E-state index is 0.152. The van der Waals surface area contributed by atoms with Gasteiger partial charge >= 0.3 is 0 Å². The highest BCUT2D eigenvalue weighted by atomic mass is 16.3. The first-order valence-corrected chi connectivity index (χ1v) is 7.08. The van der Waals surface area contributed by atoms with Crippen molar-refractivity contribution in [2.45, 2.75) is 20.8 Å². The number of nitrogens with zero attached hydrogens (tertiary/aromatic N) is 3. The van der Waals surface area contributed by atoms with Crippen molar-refractivity contribution >= 4 is 23.0 Å². The maximum absolute atomic E-state index is 9.48. The van der Waals surface area contributed by atoms with Gasteiger partial charge in [0.05, 0.1) is 16.8 Å². The second-order valence-corrected chi connectivity index (χ2v) is 5.45. The third-order valence-electron chi connectivity index (χ3n) is 4.03. The number of pyridine rings is 1. The molecule has 0 atom stereocenters. The fourth-order valence-corrected chi connectivity index (χ4v) is 2.87. The molecule has 0 saturated heterocycles. The molecule has 0 radical (unpaired) electrons. The molecule has 0 aliphatic heterocycles. The predicted molar refractivity (Wildman–Crippen MR) is 87.6 cm³/mol. The van der Waals surface area contributed by atoms with Gasteiger partial charge in [-0.1, -0.05) is 0 Å². The van der Waals surface area contributed by atoms with Crippen LogP contribution < -0.4 is 5.73 Å². The van der Waals surface area contributed by atoms with Gasteiger partial charge in [-0.2, -0.15) is 10.5 Å². The van der Waals surface area contributed by atoms with Gasteiger partial charge in [0, 0.05) is 5.56 Å². The van der Waals surface area contributed by atoms with Crippen molar-refractivity contribution in [3.8, 4) is 12.1 Å². The highest BCUT2D eigenvalue weighted by Crippen LogP contribution is 2.44. The summed E-state index contributed by atoms with van der Waals surface area (Å²) in [5, 5.41) is 18.8. The molecule has 0 bridgehead atoms. The summed E-state index contributed by atoms with van der Waals surface area (Å²) in [5.74, 6) is 1.65. The Morgan fingerprint density at radius 1 is 1.17 bits per heavy atom. The Balaban J connectivity index is 2.34. The molecule has 0 amide bonds. The van der Waals surface area contributed by atoms with Crippen molar-refractivity contribution in [3.05, 3.63) is 51.6 Å². The van der Waals surface area contributed by atoms with E-state index in [9.17, 15) is 10.5 Å². The lowest BCUT2D eigenvalue weighted by atomic mass is 9.96. The number of nitrogens with two attached hydrogens (primary N) is 1. The maximum Gasteiger partial charge on any atom is 0.142 e. The molecule has 2 heterocycles. The second kappa shape index (κ2) is 5.15. The van der Waals surface area contributed by atoms with Crippen LogP contribution in [-0.4, -0.2) is 4.98 Å². The summed E-state index contributed by atoms with van der Waals surface area (Å²) in [7, 11) is 0. The number of furan rings is 1. The average Bonchev–Trinajstić information content (AvgIpc) is 3.02. The largest absolute Gasteiger partial charge is 0.462 e. The van der Waals surface area contributed by atoms with Crippen LogP contribution in [0, 0.1) is 36.5 Å². The number of rotatable bonds is 1. The van der Waals surface area contributed by atoms with Crippen LogP contribution in [0.25, 0.3) is 17.2 Å². The molecular weight excluding hydrogens is 288 g/mol.